The van der Waals surface area contributed by atoms with Gasteiger partial charge in [-0.1, -0.05) is 13.3 Å². The average molecular weight is 233 g/mol. The fourth-order valence-corrected chi connectivity index (χ4v) is 0.948. The van der Waals surface area contributed by atoms with Gasteiger partial charge in [-0.25, -0.2) is 0 Å². The maximum atomic E-state index is 10.8. The molecular weight excluding hydrogens is 219 g/mol. The molecule has 0 saturated carbocycles. The third kappa shape index (κ3) is 12.4. The van der Waals surface area contributed by atoms with E-state index in [2.05, 4.69) is 4.74 Å². The minimum absolute atomic E-state index is 0. The fourth-order valence-electron chi connectivity index (χ4n) is 0.654. The van der Waals surface area contributed by atoms with Crippen LogP contribution in [-0.4, -0.2) is 60.9 Å². The van der Waals surface area contributed by atoms with Crippen molar-refractivity contribution >= 4 is 45.6 Å². The third-order valence-electron chi connectivity index (χ3n) is 1.34. The Morgan fingerprint density at radius 2 is 2.00 bits per heavy atom. The van der Waals surface area contributed by atoms with E-state index in [4.69, 9.17) is 4.55 Å². The molecule has 0 saturated heterocycles. The Labute approximate surface area is 106 Å². The van der Waals surface area contributed by atoms with Crippen LogP contribution in [0.4, 0.5) is 0 Å². The van der Waals surface area contributed by atoms with Gasteiger partial charge < -0.3 is 4.74 Å². The summed E-state index contributed by atoms with van der Waals surface area (Å²) in [7, 11) is -4.02. The second kappa shape index (κ2) is 8.67. The van der Waals surface area contributed by atoms with Crippen molar-refractivity contribution in [1.29, 1.82) is 0 Å². The molecule has 7 heteroatoms. The molecule has 0 bridgehead atoms. The first-order valence-corrected chi connectivity index (χ1v) is 5.67. The van der Waals surface area contributed by atoms with Crippen molar-refractivity contribution in [1.82, 2.24) is 0 Å². The molecule has 0 amide bonds. The number of esters is 1. The molecule has 0 aromatic heterocycles. The number of hydrogen-bond donors (Lipinski definition) is 1. The molecule has 0 heterocycles. The summed E-state index contributed by atoms with van der Waals surface area (Å²) in [5, 5.41) is 0. The molecule has 0 aliphatic heterocycles. The van der Waals surface area contributed by atoms with Gasteiger partial charge in [0.25, 0.3) is 10.1 Å². The van der Waals surface area contributed by atoms with Gasteiger partial charge in [-0.05, 0) is 6.42 Å². The van der Waals surface area contributed by atoms with Crippen molar-refractivity contribution in [2.45, 2.75) is 26.2 Å². The van der Waals surface area contributed by atoms with E-state index in [1.165, 1.54) is 0 Å². The van der Waals surface area contributed by atoms with Gasteiger partial charge in [0.2, 0.25) is 0 Å². The van der Waals surface area contributed by atoms with E-state index in [-0.39, 0.29) is 36.2 Å². The minimum atomic E-state index is -4.02. The van der Waals surface area contributed by atoms with Crippen molar-refractivity contribution in [2.24, 2.45) is 0 Å². The van der Waals surface area contributed by atoms with Gasteiger partial charge in [-0.3, -0.25) is 9.35 Å². The normalized spacial score (nSPS) is 10.4. The largest absolute Gasteiger partial charge is 0.464 e. The quantitative estimate of drug-likeness (QED) is 0.403. The molecule has 5 nitrogen and oxygen atoms in total. The van der Waals surface area contributed by atoms with Crippen molar-refractivity contribution in [2.75, 3.05) is 12.4 Å². The van der Waals surface area contributed by atoms with E-state index in [0.717, 1.165) is 12.8 Å². The van der Waals surface area contributed by atoms with Crippen LogP contribution in [0.5, 0.6) is 0 Å². The SMILES string of the molecule is CCCCC(=O)OCCS(=O)(=O)O.[Na]. The zero-order valence-corrected chi connectivity index (χ0v) is 11.3. The predicted molar refractivity (Wildman–Crippen MR) is 52.7 cm³/mol. The van der Waals surface area contributed by atoms with Crippen LogP contribution in [0.2, 0.25) is 0 Å². The fraction of sp³-hybridized carbons (Fsp3) is 0.857. The van der Waals surface area contributed by atoms with Gasteiger partial charge >= 0.3 is 5.97 Å². The molecule has 0 unspecified atom stereocenters. The van der Waals surface area contributed by atoms with Crippen LogP contribution in [0.1, 0.15) is 26.2 Å². The number of ether oxygens (including phenoxy) is 1. The number of carbonyl (C=O) groups is 1. The van der Waals surface area contributed by atoms with Crippen LogP contribution in [-0.2, 0) is 19.6 Å². The zero-order chi connectivity index (χ0) is 10.3. The van der Waals surface area contributed by atoms with E-state index in [9.17, 15) is 13.2 Å². The second-order valence-corrected chi connectivity index (χ2v) is 4.18. The van der Waals surface area contributed by atoms with Crippen LogP contribution in [0.15, 0.2) is 0 Å². The number of carbonyl (C=O) groups excluding carboxylic acids is 1. The molecule has 0 aliphatic carbocycles. The van der Waals surface area contributed by atoms with E-state index >= 15 is 0 Å². The smallest absolute Gasteiger partial charge is 0.305 e. The Balaban J connectivity index is 0. The molecule has 0 rings (SSSR count). The van der Waals surface area contributed by atoms with Crippen LogP contribution >= 0.6 is 0 Å². The molecule has 0 fully saturated rings. The molecule has 1 N–H and O–H groups in total. The van der Waals surface area contributed by atoms with Gasteiger partial charge in [0.1, 0.15) is 12.4 Å². The first-order chi connectivity index (χ1) is 5.95. The van der Waals surface area contributed by atoms with Gasteiger partial charge in [-0.2, -0.15) is 8.42 Å². The van der Waals surface area contributed by atoms with Gasteiger partial charge in [0.05, 0.1) is 0 Å². The summed E-state index contributed by atoms with van der Waals surface area (Å²) in [6, 6.07) is 0. The van der Waals surface area contributed by atoms with Crippen molar-refractivity contribution in [3.63, 3.8) is 0 Å². The Hall–Kier alpha value is 0.380. The summed E-state index contributed by atoms with van der Waals surface area (Å²) in [5.74, 6) is -0.962. The Morgan fingerprint density at radius 1 is 1.43 bits per heavy atom. The topological polar surface area (TPSA) is 80.7 Å². The predicted octanol–water partition coefficient (Wildman–Crippen LogP) is 0.227. The molecule has 1 radical (unpaired) electrons. The van der Waals surface area contributed by atoms with Crippen LogP contribution in [0.25, 0.3) is 0 Å². The summed E-state index contributed by atoms with van der Waals surface area (Å²) >= 11 is 0. The van der Waals surface area contributed by atoms with E-state index in [1.807, 2.05) is 6.92 Å². The molecule has 0 spiro atoms. The van der Waals surface area contributed by atoms with Crippen molar-refractivity contribution in [3.8, 4) is 0 Å². The molecule has 14 heavy (non-hydrogen) atoms. The van der Waals surface area contributed by atoms with Gasteiger partial charge in [-0.15, -0.1) is 0 Å². The maximum absolute atomic E-state index is 10.8. The van der Waals surface area contributed by atoms with Crippen LogP contribution in [0, 0.1) is 0 Å². The number of unbranched alkanes of at least 4 members (excludes halogenated alkanes) is 1. The van der Waals surface area contributed by atoms with Gasteiger partial charge in [0.15, 0.2) is 0 Å². The molecule has 0 aromatic carbocycles. The zero-order valence-electron chi connectivity index (χ0n) is 8.52. The van der Waals surface area contributed by atoms with Crippen molar-refractivity contribution < 1.29 is 22.5 Å². The Bertz CT molecular complexity index is 249. The van der Waals surface area contributed by atoms with E-state index in [1.54, 1.807) is 0 Å². The van der Waals surface area contributed by atoms with E-state index in [0.29, 0.717) is 6.42 Å². The molecule has 0 aromatic rings. The first-order valence-electron chi connectivity index (χ1n) is 4.06. The summed E-state index contributed by atoms with van der Waals surface area (Å²) in [4.78, 5) is 10.8. The molecule has 0 atom stereocenters. The summed E-state index contributed by atoms with van der Waals surface area (Å²) < 4.78 is 33.2. The standard InChI is InChI=1S/C7H14O5S.Na/c1-2-3-4-7(8)12-5-6-13(9,10)11;/h2-6H2,1H3,(H,9,10,11);. The summed E-state index contributed by atoms with van der Waals surface area (Å²) in [6.45, 7) is 1.66. The molecule has 0 aliphatic rings. The second-order valence-electron chi connectivity index (χ2n) is 2.61. The molecular formula is C7H14NaO5S. The average Bonchev–Trinajstić information content (AvgIpc) is 1.98. The summed E-state index contributed by atoms with van der Waals surface area (Å²) in [5.41, 5.74) is 0. The van der Waals surface area contributed by atoms with Crippen LogP contribution < -0.4 is 0 Å². The third-order valence-corrected chi connectivity index (χ3v) is 2.02. The maximum Gasteiger partial charge on any atom is 0.305 e. The van der Waals surface area contributed by atoms with Crippen molar-refractivity contribution in [3.05, 3.63) is 0 Å². The number of hydrogen-bond acceptors (Lipinski definition) is 4. The molecule has 79 valence electrons. The first kappa shape index (κ1) is 16.8. The monoisotopic (exact) mass is 233 g/mol. The number of rotatable bonds is 6. The minimum Gasteiger partial charge on any atom is -0.464 e. The van der Waals surface area contributed by atoms with Crippen LogP contribution in [0.3, 0.4) is 0 Å². The van der Waals surface area contributed by atoms with Gasteiger partial charge in [0, 0.05) is 36.0 Å². The summed E-state index contributed by atoms with van der Waals surface area (Å²) in [6.07, 6.45) is 1.90. The Morgan fingerprint density at radius 3 is 2.43 bits per heavy atom. The Kier molecular flexibility index (Phi) is 10.4. The van der Waals surface area contributed by atoms with E-state index < -0.39 is 21.8 Å².